The molecule has 0 radical (unpaired) electrons. The maximum Gasteiger partial charge on any atom is 0.287 e. The second-order valence-corrected chi connectivity index (χ2v) is 4.36. The SMILES string of the molecule is COCCNC(=O)c1ccc(-c2ccc(Cl)cc2)o1. The number of benzene rings is 1. The van der Waals surface area contributed by atoms with Crippen LogP contribution in [0.15, 0.2) is 40.8 Å². The molecule has 0 aliphatic rings. The standard InChI is InChI=1S/C14H14ClNO3/c1-18-9-8-16-14(17)13-7-6-12(19-13)10-2-4-11(15)5-3-10/h2-7H,8-9H2,1H3,(H,16,17). The van der Waals surface area contributed by atoms with Gasteiger partial charge in [0.15, 0.2) is 5.76 Å². The van der Waals surface area contributed by atoms with Crippen molar-refractivity contribution in [2.75, 3.05) is 20.3 Å². The summed E-state index contributed by atoms with van der Waals surface area (Å²) in [6.45, 7) is 0.919. The van der Waals surface area contributed by atoms with Gasteiger partial charge in [-0.3, -0.25) is 4.79 Å². The fourth-order valence-corrected chi connectivity index (χ4v) is 1.71. The largest absolute Gasteiger partial charge is 0.451 e. The zero-order valence-electron chi connectivity index (χ0n) is 10.5. The molecule has 0 bridgehead atoms. The van der Waals surface area contributed by atoms with E-state index in [4.69, 9.17) is 20.8 Å². The van der Waals surface area contributed by atoms with E-state index in [1.165, 1.54) is 0 Å². The summed E-state index contributed by atoms with van der Waals surface area (Å²) in [6, 6.07) is 10.6. The van der Waals surface area contributed by atoms with Crippen molar-refractivity contribution in [2.45, 2.75) is 0 Å². The van der Waals surface area contributed by atoms with Crippen LogP contribution in [0.2, 0.25) is 5.02 Å². The number of hydrogen-bond acceptors (Lipinski definition) is 3. The van der Waals surface area contributed by atoms with Crippen molar-refractivity contribution in [3.63, 3.8) is 0 Å². The van der Waals surface area contributed by atoms with E-state index in [0.717, 1.165) is 5.56 Å². The van der Waals surface area contributed by atoms with E-state index >= 15 is 0 Å². The Morgan fingerprint density at radius 2 is 2.00 bits per heavy atom. The Balaban J connectivity index is 2.06. The second-order valence-electron chi connectivity index (χ2n) is 3.92. The molecule has 0 aliphatic carbocycles. The smallest absolute Gasteiger partial charge is 0.287 e. The second kappa shape index (κ2) is 6.41. The average molecular weight is 280 g/mol. The summed E-state index contributed by atoms with van der Waals surface area (Å²) in [5.74, 6) is 0.659. The molecule has 2 aromatic rings. The third-order valence-electron chi connectivity index (χ3n) is 2.55. The molecule has 2 rings (SSSR count). The third-order valence-corrected chi connectivity index (χ3v) is 2.80. The van der Waals surface area contributed by atoms with Crippen LogP contribution >= 0.6 is 11.6 Å². The highest BCUT2D eigenvalue weighted by Crippen LogP contribution is 2.23. The zero-order chi connectivity index (χ0) is 13.7. The van der Waals surface area contributed by atoms with Gasteiger partial charge in [0.1, 0.15) is 5.76 Å². The molecule has 0 unspecified atom stereocenters. The van der Waals surface area contributed by atoms with E-state index in [-0.39, 0.29) is 11.7 Å². The number of amides is 1. The van der Waals surface area contributed by atoms with Crippen LogP contribution in [0.3, 0.4) is 0 Å². The number of carbonyl (C=O) groups excluding carboxylic acids is 1. The topological polar surface area (TPSA) is 51.5 Å². The van der Waals surface area contributed by atoms with Crippen LogP contribution in [-0.2, 0) is 4.74 Å². The molecule has 0 saturated heterocycles. The number of furan rings is 1. The highest BCUT2D eigenvalue weighted by molar-refractivity contribution is 6.30. The molecule has 1 aromatic heterocycles. The Kier molecular flexibility index (Phi) is 4.60. The summed E-state index contributed by atoms with van der Waals surface area (Å²) in [7, 11) is 1.58. The number of carbonyl (C=O) groups is 1. The molecule has 1 N–H and O–H groups in total. The minimum absolute atomic E-state index is 0.253. The molecular weight excluding hydrogens is 266 g/mol. The quantitative estimate of drug-likeness (QED) is 0.856. The normalized spacial score (nSPS) is 10.4. The van der Waals surface area contributed by atoms with Crippen LogP contribution in [0.25, 0.3) is 11.3 Å². The lowest BCUT2D eigenvalue weighted by atomic mass is 10.2. The molecule has 0 aliphatic heterocycles. The molecule has 5 heteroatoms. The Morgan fingerprint density at radius 3 is 2.68 bits per heavy atom. The first kappa shape index (κ1) is 13.6. The molecule has 0 fully saturated rings. The van der Waals surface area contributed by atoms with Crippen LogP contribution < -0.4 is 5.32 Å². The van der Waals surface area contributed by atoms with E-state index in [2.05, 4.69) is 5.32 Å². The van der Waals surface area contributed by atoms with Gasteiger partial charge in [-0.25, -0.2) is 0 Å². The minimum atomic E-state index is -0.253. The van der Waals surface area contributed by atoms with Gasteiger partial charge in [-0.2, -0.15) is 0 Å². The van der Waals surface area contributed by atoms with Crippen LogP contribution in [0, 0.1) is 0 Å². The first-order valence-corrected chi connectivity index (χ1v) is 6.21. The zero-order valence-corrected chi connectivity index (χ0v) is 11.2. The van der Waals surface area contributed by atoms with Crippen LogP contribution in [0.4, 0.5) is 0 Å². The van der Waals surface area contributed by atoms with Gasteiger partial charge in [0.2, 0.25) is 0 Å². The molecule has 1 aromatic carbocycles. The van der Waals surface area contributed by atoms with E-state index in [0.29, 0.717) is 23.9 Å². The monoisotopic (exact) mass is 279 g/mol. The van der Waals surface area contributed by atoms with Crippen LogP contribution in [-0.4, -0.2) is 26.2 Å². The summed E-state index contributed by atoms with van der Waals surface area (Å²) in [5, 5.41) is 3.36. The van der Waals surface area contributed by atoms with Gasteiger partial charge >= 0.3 is 0 Å². The average Bonchev–Trinajstić information content (AvgIpc) is 2.89. The molecule has 1 amide bonds. The minimum Gasteiger partial charge on any atom is -0.451 e. The van der Waals surface area contributed by atoms with E-state index < -0.39 is 0 Å². The predicted molar refractivity (Wildman–Crippen MR) is 73.4 cm³/mol. The van der Waals surface area contributed by atoms with Gasteiger partial charge in [-0.15, -0.1) is 0 Å². The summed E-state index contributed by atoms with van der Waals surface area (Å²) < 4.78 is 10.4. The molecular formula is C14H14ClNO3. The predicted octanol–water partition coefficient (Wildman–Crippen LogP) is 2.98. The number of nitrogens with one attached hydrogen (secondary N) is 1. The number of ether oxygens (including phenoxy) is 1. The Hall–Kier alpha value is -1.78. The van der Waals surface area contributed by atoms with Crippen molar-refractivity contribution < 1.29 is 13.9 Å². The Labute approximate surface area is 116 Å². The fraction of sp³-hybridized carbons (Fsp3) is 0.214. The van der Waals surface area contributed by atoms with Crippen molar-refractivity contribution in [2.24, 2.45) is 0 Å². The number of hydrogen-bond donors (Lipinski definition) is 1. The number of halogens is 1. The van der Waals surface area contributed by atoms with Gasteiger partial charge in [-0.1, -0.05) is 11.6 Å². The van der Waals surface area contributed by atoms with Gasteiger partial charge in [-0.05, 0) is 36.4 Å². The van der Waals surface area contributed by atoms with Crippen molar-refractivity contribution in [3.05, 3.63) is 47.2 Å². The summed E-state index contributed by atoms with van der Waals surface area (Å²) >= 11 is 5.82. The molecule has 0 saturated carbocycles. The number of rotatable bonds is 5. The third kappa shape index (κ3) is 3.59. The van der Waals surface area contributed by atoms with Gasteiger partial charge in [0, 0.05) is 24.2 Å². The fourth-order valence-electron chi connectivity index (χ4n) is 1.58. The first-order valence-electron chi connectivity index (χ1n) is 5.83. The maximum absolute atomic E-state index is 11.7. The van der Waals surface area contributed by atoms with E-state index in [9.17, 15) is 4.79 Å². The van der Waals surface area contributed by atoms with Crippen LogP contribution in [0.5, 0.6) is 0 Å². The lowest BCUT2D eigenvalue weighted by molar-refractivity contribution is 0.0910. The van der Waals surface area contributed by atoms with Crippen molar-refractivity contribution in [3.8, 4) is 11.3 Å². The highest BCUT2D eigenvalue weighted by Gasteiger charge is 2.11. The molecule has 0 spiro atoms. The summed E-state index contributed by atoms with van der Waals surface area (Å²) in [6.07, 6.45) is 0. The van der Waals surface area contributed by atoms with Gasteiger partial charge in [0.25, 0.3) is 5.91 Å². The molecule has 0 atom stereocenters. The Bertz CT molecular complexity index is 548. The van der Waals surface area contributed by atoms with Crippen molar-refractivity contribution >= 4 is 17.5 Å². The lowest BCUT2D eigenvalue weighted by Gasteiger charge is -2.01. The van der Waals surface area contributed by atoms with Gasteiger partial charge < -0.3 is 14.5 Å². The molecule has 4 nitrogen and oxygen atoms in total. The van der Waals surface area contributed by atoms with E-state index in [1.807, 2.05) is 12.1 Å². The van der Waals surface area contributed by atoms with Crippen LogP contribution in [0.1, 0.15) is 10.6 Å². The molecule has 100 valence electrons. The van der Waals surface area contributed by atoms with Crippen molar-refractivity contribution in [1.82, 2.24) is 5.32 Å². The van der Waals surface area contributed by atoms with E-state index in [1.54, 1.807) is 31.4 Å². The molecule has 19 heavy (non-hydrogen) atoms. The highest BCUT2D eigenvalue weighted by atomic mass is 35.5. The Morgan fingerprint density at radius 1 is 1.26 bits per heavy atom. The molecule has 1 heterocycles. The lowest BCUT2D eigenvalue weighted by Crippen LogP contribution is -2.26. The maximum atomic E-state index is 11.7. The van der Waals surface area contributed by atoms with Crippen molar-refractivity contribution in [1.29, 1.82) is 0 Å². The first-order chi connectivity index (χ1) is 9.20. The summed E-state index contributed by atoms with van der Waals surface area (Å²) in [5.41, 5.74) is 0.875. The van der Waals surface area contributed by atoms with Gasteiger partial charge in [0.05, 0.1) is 6.61 Å². The summed E-state index contributed by atoms with van der Waals surface area (Å²) in [4.78, 5) is 11.7. The number of methoxy groups -OCH3 is 1.